The number of hydrogen-bond acceptors (Lipinski definition) is 7. The molecular formula is C77H124N2O7P+. The van der Waals surface area contributed by atoms with Gasteiger partial charge in [0.05, 0.1) is 0 Å². The summed E-state index contributed by atoms with van der Waals surface area (Å²) in [5, 5.41) is 29.3. The normalized spacial score (nSPS) is 14.7. The summed E-state index contributed by atoms with van der Waals surface area (Å²) in [4.78, 5) is 42.0. The maximum atomic E-state index is 14.7. The molecule has 0 aromatic heterocycles. The number of nitrogens with one attached hydrogen (secondary N) is 2. The Balaban J connectivity index is 1.81. The predicted octanol–water partition coefficient (Wildman–Crippen LogP) is 20.0. The molecule has 5 N–H and O–H groups in total. The van der Waals surface area contributed by atoms with E-state index in [0.29, 0.717) is 62.7 Å². The summed E-state index contributed by atoms with van der Waals surface area (Å²) in [6.45, 7) is 57.1. The highest BCUT2D eigenvalue weighted by Crippen LogP contribution is 2.64. The molecule has 0 saturated heterocycles. The highest BCUT2D eigenvalue weighted by molar-refractivity contribution is 7.60. The molecule has 3 unspecified atom stereocenters. The van der Waals surface area contributed by atoms with Gasteiger partial charge in [-0.25, -0.2) is 0 Å². The molecule has 10 heteroatoms. The van der Waals surface area contributed by atoms with Crippen LogP contribution in [0.25, 0.3) is 0 Å². The van der Waals surface area contributed by atoms with Gasteiger partial charge in [-0.05, 0) is 155 Å². The second kappa shape index (κ2) is 29.3. The van der Waals surface area contributed by atoms with Crippen LogP contribution < -0.4 is 10.6 Å². The molecule has 87 heavy (non-hydrogen) atoms. The van der Waals surface area contributed by atoms with E-state index in [0.717, 1.165) is 76.6 Å². The smallest absolute Gasteiger partial charge is 0.412 e. The average molecular weight is 1220 g/mol. The van der Waals surface area contributed by atoms with Crippen molar-refractivity contribution in [3.63, 3.8) is 0 Å². The standard InChI is InChI=1S/C77H123N2O7P/c1-27-29-33-51(28-2)50-87(84,86-69(54-44-56(70(3,4)5)48-57(45-54)71(6,7)8)55-46-58(72(9,10)11)49-59(47-55)73(12,13)14)85-66(79-65(81)38-36-53-42-62(76(21,22)23)68(83)63(43-53)77(24,25)26)34-31-30-32-39-78-64(80)37-35-52-40-60(74(15,16)17)67(82)61(41-52)75(18,19)20/h40-49,51,66,69,84H,27-39,50H2,1-26H3,(H3-,78,79,80,81,82,83)/p+1. The fraction of sp³-hybridized carbons (Fsp3) is 0.662. The molecule has 0 aliphatic rings. The topological polar surface area (TPSA) is 137 Å². The highest BCUT2D eigenvalue weighted by Gasteiger charge is 2.49. The lowest BCUT2D eigenvalue weighted by atomic mass is 9.77. The minimum atomic E-state index is -3.89. The van der Waals surface area contributed by atoms with Crippen LogP contribution in [0.4, 0.5) is 0 Å². The van der Waals surface area contributed by atoms with E-state index in [1.807, 2.05) is 12.1 Å². The summed E-state index contributed by atoms with van der Waals surface area (Å²) in [5.74, 6) is 0.515. The summed E-state index contributed by atoms with van der Waals surface area (Å²) >= 11 is 0. The highest BCUT2D eigenvalue weighted by atomic mass is 31.2. The zero-order chi connectivity index (χ0) is 66.3. The Kier molecular flexibility index (Phi) is 25.4. The molecule has 488 valence electrons. The van der Waals surface area contributed by atoms with E-state index in [2.05, 4.69) is 239 Å². The van der Waals surface area contributed by atoms with Gasteiger partial charge in [-0.2, -0.15) is 13.9 Å². The van der Waals surface area contributed by atoms with Crippen LogP contribution in [0, 0.1) is 5.92 Å². The third-order valence-electron chi connectivity index (χ3n) is 17.2. The molecule has 4 rings (SSSR count). The minimum Gasteiger partial charge on any atom is -0.507 e. The predicted molar refractivity (Wildman–Crippen MR) is 370 cm³/mol. The molecule has 9 nitrogen and oxygen atoms in total. The number of benzene rings is 4. The molecule has 0 radical (unpaired) electrons. The Morgan fingerprint density at radius 1 is 0.460 bits per heavy atom. The number of hydrogen-bond donors (Lipinski definition) is 5. The number of unbranched alkanes of at least 4 members (excludes halogenated alkanes) is 3. The van der Waals surface area contributed by atoms with Crippen molar-refractivity contribution in [2.75, 3.05) is 12.7 Å². The van der Waals surface area contributed by atoms with Crippen LogP contribution in [0.1, 0.15) is 317 Å². The largest absolute Gasteiger partial charge is 0.507 e. The number of carbonyl (C=O) groups is 2. The summed E-state index contributed by atoms with van der Waals surface area (Å²) in [7, 11) is -3.89. The number of phenols is 2. The molecule has 4 aromatic rings. The van der Waals surface area contributed by atoms with Gasteiger partial charge in [-0.3, -0.25) is 9.59 Å². The molecule has 0 aliphatic heterocycles. The molecule has 0 heterocycles. The van der Waals surface area contributed by atoms with Gasteiger partial charge in [0.25, 0.3) is 0 Å². The monoisotopic (exact) mass is 1220 g/mol. The van der Waals surface area contributed by atoms with Gasteiger partial charge < -0.3 is 20.8 Å². The van der Waals surface area contributed by atoms with E-state index in [1.54, 1.807) is 0 Å². The Morgan fingerprint density at radius 2 is 0.828 bits per heavy atom. The van der Waals surface area contributed by atoms with Crippen molar-refractivity contribution in [2.45, 2.75) is 313 Å². The van der Waals surface area contributed by atoms with Crippen LogP contribution in [-0.4, -0.2) is 45.9 Å². The van der Waals surface area contributed by atoms with Crippen LogP contribution in [0.5, 0.6) is 11.5 Å². The van der Waals surface area contributed by atoms with E-state index < -0.39 is 20.3 Å². The minimum absolute atomic E-state index is 0.0236. The number of rotatable bonds is 25. The van der Waals surface area contributed by atoms with Crippen molar-refractivity contribution >= 4 is 19.8 Å². The third-order valence-corrected chi connectivity index (χ3v) is 19.3. The number of aryl methyl sites for hydroxylation is 2. The summed E-state index contributed by atoms with van der Waals surface area (Å²) in [6, 6.07) is 21.9. The van der Waals surface area contributed by atoms with Crippen molar-refractivity contribution in [3.05, 3.63) is 127 Å². The Bertz CT molecular complexity index is 2710. The molecule has 0 aliphatic carbocycles. The number of phenolic OH excluding ortho intramolecular Hbond substituents is 2. The first-order valence-electron chi connectivity index (χ1n) is 33.2. The molecule has 4 aromatic carbocycles. The van der Waals surface area contributed by atoms with E-state index in [1.165, 1.54) is 22.3 Å². The van der Waals surface area contributed by atoms with E-state index in [-0.39, 0.29) is 67.5 Å². The maximum absolute atomic E-state index is 14.7. The number of amides is 2. The lowest BCUT2D eigenvalue weighted by Gasteiger charge is -2.32. The fourth-order valence-electron chi connectivity index (χ4n) is 11.2. The van der Waals surface area contributed by atoms with Crippen LogP contribution in [0.2, 0.25) is 0 Å². The second-order valence-electron chi connectivity index (χ2n) is 33.8. The average Bonchev–Trinajstić information content (AvgIpc) is 0.878. The van der Waals surface area contributed by atoms with Gasteiger partial charge >= 0.3 is 7.94 Å². The maximum Gasteiger partial charge on any atom is 0.412 e. The molecule has 0 saturated carbocycles. The van der Waals surface area contributed by atoms with E-state index >= 15 is 0 Å². The van der Waals surface area contributed by atoms with Gasteiger partial charge in [0, 0.05) is 25.3 Å². The molecule has 2 amide bonds. The van der Waals surface area contributed by atoms with Gasteiger partial charge in [0.2, 0.25) is 11.8 Å². The molecule has 0 fully saturated rings. The van der Waals surface area contributed by atoms with Gasteiger partial charge in [-0.1, -0.05) is 260 Å². The van der Waals surface area contributed by atoms with Crippen LogP contribution >= 0.6 is 7.94 Å². The SMILES string of the molecule is CCCCC(CC)C[P+](O)(OC(CCCCCNC(=O)CCc1cc(C(C)(C)C)c(O)c(C(C)(C)C)c1)NC(=O)CCc1cc(C(C)(C)C)c(O)c(C(C)(C)C)c1)OC(c1cc(C(C)(C)C)cc(C(C)(C)C)c1)c1cc(C(C)(C)C)cc(C(C)(C)C)c1. The lowest BCUT2D eigenvalue weighted by molar-refractivity contribution is -0.124. The van der Waals surface area contributed by atoms with Gasteiger partial charge in [0.1, 0.15) is 17.7 Å². The Morgan fingerprint density at radius 3 is 1.16 bits per heavy atom. The Labute approximate surface area is 531 Å². The number of carbonyl (C=O) groups excluding carboxylic acids is 2. The first kappa shape index (κ1) is 75.2. The molecule has 0 spiro atoms. The Hall–Kier alpha value is -4.27. The van der Waals surface area contributed by atoms with Crippen molar-refractivity contribution in [3.8, 4) is 11.5 Å². The van der Waals surface area contributed by atoms with Crippen molar-refractivity contribution in [1.29, 1.82) is 0 Å². The van der Waals surface area contributed by atoms with E-state index in [9.17, 15) is 24.7 Å². The van der Waals surface area contributed by atoms with Gasteiger partial charge in [0.15, 0.2) is 12.3 Å². The molecule has 0 bridgehead atoms. The third kappa shape index (κ3) is 22.6. The first-order chi connectivity index (χ1) is 39.6. The fourth-order valence-corrected chi connectivity index (χ4v) is 13.6. The quantitative estimate of drug-likeness (QED) is 0.0253. The van der Waals surface area contributed by atoms with E-state index in [4.69, 9.17) is 9.05 Å². The summed E-state index contributed by atoms with van der Waals surface area (Å²) in [5.41, 5.74) is 10.2. The van der Waals surface area contributed by atoms with Crippen molar-refractivity contribution in [2.24, 2.45) is 5.92 Å². The van der Waals surface area contributed by atoms with Crippen molar-refractivity contribution < 1.29 is 33.7 Å². The first-order valence-corrected chi connectivity index (χ1v) is 34.9. The molecule has 3 atom stereocenters. The van der Waals surface area contributed by atoms with Crippen LogP contribution in [-0.2, 0) is 74.8 Å². The summed E-state index contributed by atoms with van der Waals surface area (Å²) < 4.78 is 14.9. The number of aromatic hydroxyl groups is 2. The summed E-state index contributed by atoms with van der Waals surface area (Å²) in [6.07, 6.45) is 6.48. The second-order valence-corrected chi connectivity index (χ2v) is 35.9. The zero-order valence-electron chi connectivity index (χ0n) is 59.8. The zero-order valence-corrected chi connectivity index (χ0v) is 60.7. The van der Waals surface area contributed by atoms with Gasteiger partial charge in [-0.15, -0.1) is 0 Å². The van der Waals surface area contributed by atoms with Crippen LogP contribution in [0.3, 0.4) is 0 Å². The van der Waals surface area contributed by atoms with Crippen LogP contribution in [0.15, 0.2) is 60.7 Å². The lowest BCUT2D eigenvalue weighted by Crippen LogP contribution is -2.38. The molecular weight excluding hydrogens is 1100 g/mol. The van der Waals surface area contributed by atoms with Crippen molar-refractivity contribution in [1.82, 2.24) is 10.6 Å².